The Morgan fingerprint density at radius 2 is 1.35 bits per heavy atom. The van der Waals surface area contributed by atoms with Crippen molar-refractivity contribution in [3.8, 4) is 5.75 Å². The molecule has 0 aromatic heterocycles. The van der Waals surface area contributed by atoms with Gasteiger partial charge >= 0.3 is 22.6 Å². The normalized spacial score (nSPS) is 6.90. The Morgan fingerprint density at radius 3 is 1.60 bits per heavy atom. The summed E-state index contributed by atoms with van der Waals surface area (Å²) in [5.74, 6) is 0.311. The summed E-state index contributed by atoms with van der Waals surface area (Å²) in [5, 5.41) is 8.92. The molecule has 0 aliphatic heterocycles. The second-order valence-corrected chi connectivity index (χ2v) is 3.37. The third-order valence-electron chi connectivity index (χ3n) is 1.92. The van der Waals surface area contributed by atoms with Gasteiger partial charge in [0.25, 0.3) is 0 Å². The first-order valence-electron chi connectivity index (χ1n) is 5.24. The van der Waals surface area contributed by atoms with Crippen molar-refractivity contribution in [2.45, 2.75) is 0 Å². The van der Waals surface area contributed by atoms with Crippen molar-refractivity contribution in [2.24, 2.45) is 0 Å². The minimum absolute atomic E-state index is 0. The monoisotopic (exact) mass is 314 g/mol. The van der Waals surface area contributed by atoms with Gasteiger partial charge in [0.15, 0.2) is 0 Å². The summed E-state index contributed by atoms with van der Waals surface area (Å²) in [6, 6.07) is 17.1. The summed E-state index contributed by atoms with van der Waals surface area (Å²) in [6.45, 7) is 9.00. The van der Waals surface area contributed by atoms with Gasteiger partial charge in [-0.2, -0.15) is 18.2 Å². The molecule has 5 heteroatoms. The van der Waals surface area contributed by atoms with Crippen molar-refractivity contribution >= 4 is 5.69 Å². The van der Waals surface area contributed by atoms with Crippen LogP contribution in [0.2, 0.25) is 0 Å². The number of phenolic OH excluding ortho intramolecular Hbond substituents is 1. The predicted octanol–water partition coefficient (Wildman–Crippen LogP) is 2.79. The molecule has 2 rings (SSSR count). The maximum absolute atomic E-state index is 8.92. The van der Waals surface area contributed by atoms with Crippen molar-refractivity contribution < 1.29 is 31.5 Å². The molecular formula is C15H16FeNO3-. The number of rotatable bonds is 1. The van der Waals surface area contributed by atoms with Crippen LogP contribution in [0.4, 0.5) is 5.69 Å². The van der Waals surface area contributed by atoms with Crippen LogP contribution in [0.3, 0.4) is 0 Å². The van der Waals surface area contributed by atoms with Gasteiger partial charge in [-0.25, -0.2) is 12.1 Å². The largest absolute Gasteiger partial charge is 0.214 e. The molecule has 0 amide bonds. The molecule has 20 heavy (non-hydrogen) atoms. The first kappa shape index (κ1) is 23.3. The molecule has 0 unspecified atom stereocenters. The molecule has 0 saturated heterocycles. The van der Waals surface area contributed by atoms with Crippen LogP contribution >= 0.6 is 0 Å². The Balaban J connectivity index is -0.000000246. The summed E-state index contributed by atoms with van der Waals surface area (Å²) in [6.07, 6.45) is 0. The number of benzene rings is 1. The molecule has 4 nitrogen and oxygen atoms in total. The van der Waals surface area contributed by atoms with E-state index in [9.17, 15) is 0 Å². The molecule has 0 radical (unpaired) electrons. The number of hydrogen-bond acceptors (Lipinski definition) is 2. The average molecular weight is 314 g/mol. The Kier molecular flexibility index (Phi) is 20.0. The average Bonchev–Trinajstić information content (AvgIpc) is 3.03. The van der Waals surface area contributed by atoms with E-state index in [4.69, 9.17) is 14.4 Å². The topological polar surface area (TPSA) is 63.3 Å². The first-order chi connectivity index (χ1) is 9.20. The van der Waals surface area contributed by atoms with Crippen LogP contribution in [-0.4, -0.2) is 19.2 Å². The molecule has 108 valence electrons. The zero-order valence-electron chi connectivity index (χ0n) is 11.3. The third kappa shape index (κ3) is 12.6. The summed E-state index contributed by atoms with van der Waals surface area (Å²) < 4.78 is 15.0. The van der Waals surface area contributed by atoms with E-state index in [1.807, 2.05) is 61.5 Å². The molecule has 2 aromatic rings. The molecule has 0 aliphatic rings. The van der Waals surface area contributed by atoms with E-state index >= 15 is 0 Å². The second-order valence-electron chi connectivity index (χ2n) is 3.37. The molecule has 0 atom stereocenters. The van der Waals surface area contributed by atoms with E-state index < -0.39 is 0 Å². The first-order valence-corrected chi connectivity index (χ1v) is 5.24. The number of phenols is 1. The molecular weight excluding hydrogens is 298 g/mol. The molecule has 0 aliphatic carbocycles. The third-order valence-corrected chi connectivity index (χ3v) is 1.92. The Bertz CT molecular complexity index is 410. The minimum Gasteiger partial charge on any atom is -0.214 e. The zero-order chi connectivity index (χ0) is 15.1. The number of nitrogens with zero attached hydrogens (tertiary/aromatic N) is 1. The van der Waals surface area contributed by atoms with Gasteiger partial charge in [0.05, 0.1) is 0 Å². The summed E-state index contributed by atoms with van der Waals surface area (Å²) in [5.41, 5.74) is 1.10. The van der Waals surface area contributed by atoms with Gasteiger partial charge in [0.2, 0.25) is 0 Å². The number of hydrogen-bond donors (Lipinski definition) is 1. The SMILES string of the molecule is CN(C)c1ccc(O)cc1.[C-]#[O+].[C-]#[O+].[Fe].c1cc[cH-]c1. The van der Waals surface area contributed by atoms with Gasteiger partial charge in [-0.15, -0.1) is 0 Å². The summed E-state index contributed by atoms with van der Waals surface area (Å²) in [4.78, 5) is 1.99. The maximum atomic E-state index is 8.92. The van der Waals surface area contributed by atoms with Crippen LogP contribution in [0.25, 0.3) is 0 Å². The van der Waals surface area contributed by atoms with Gasteiger partial charge in [-0.3, -0.25) is 0 Å². The van der Waals surface area contributed by atoms with E-state index in [0.717, 1.165) is 5.69 Å². The molecule has 0 heterocycles. The van der Waals surface area contributed by atoms with Crippen LogP contribution in [0.1, 0.15) is 0 Å². The van der Waals surface area contributed by atoms with Crippen LogP contribution < -0.4 is 4.90 Å². The Morgan fingerprint density at radius 1 is 0.950 bits per heavy atom. The van der Waals surface area contributed by atoms with E-state index in [1.165, 1.54) is 0 Å². The van der Waals surface area contributed by atoms with Gasteiger partial charge in [-0.1, -0.05) is 0 Å². The van der Waals surface area contributed by atoms with E-state index in [2.05, 4.69) is 13.3 Å². The standard InChI is InChI=1S/C8H11NO.C5H5.2CO.Fe/c1-9(2)7-3-5-8(10)6-4-7;1-2-4-5-3-1;2*1-2;/h3-6,10H,1-2H3;1-5H;;;/q;-1;;;. The second kappa shape index (κ2) is 17.2. The van der Waals surface area contributed by atoms with Gasteiger partial charge in [0, 0.05) is 36.9 Å². The van der Waals surface area contributed by atoms with Crippen molar-refractivity contribution in [3.63, 3.8) is 0 Å². The molecule has 2 aromatic carbocycles. The summed E-state index contributed by atoms with van der Waals surface area (Å²) in [7, 11) is 3.93. The molecule has 1 N–H and O–H groups in total. The fourth-order valence-corrected chi connectivity index (χ4v) is 1.07. The van der Waals surface area contributed by atoms with Crippen LogP contribution in [-0.2, 0) is 26.4 Å². The van der Waals surface area contributed by atoms with Crippen LogP contribution in [0.5, 0.6) is 5.75 Å². The van der Waals surface area contributed by atoms with Crippen molar-refractivity contribution in [1.82, 2.24) is 0 Å². The van der Waals surface area contributed by atoms with Gasteiger partial charge in [-0.05, 0) is 24.3 Å². The van der Waals surface area contributed by atoms with E-state index in [-0.39, 0.29) is 17.1 Å². The molecule has 0 spiro atoms. The molecule has 0 saturated carbocycles. The van der Waals surface area contributed by atoms with E-state index in [1.54, 1.807) is 12.1 Å². The van der Waals surface area contributed by atoms with Crippen molar-refractivity contribution in [3.05, 3.63) is 67.9 Å². The Labute approximate surface area is 130 Å². The molecule has 0 fully saturated rings. The quantitative estimate of drug-likeness (QED) is 0.500. The van der Waals surface area contributed by atoms with Crippen LogP contribution in [0.15, 0.2) is 54.6 Å². The van der Waals surface area contributed by atoms with E-state index in [0.29, 0.717) is 5.75 Å². The number of aromatic hydroxyl groups is 1. The predicted molar refractivity (Wildman–Crippen MR) is 72.3 cm³/mol. The fourth-order valence-electron chi connectivity index (χ4n) is 1.07. The van der Waals surface area contributed by atoms with Crippen molar-refractivity contribution in [2.75, 3.05) is 19.0 Å². The smallest absolute Gasteiger partial charge is 0 e. The number of anilines is 1. The fraction of sp³-hybridized carbons (Fsp3) is 0.133. The molecule has 0 bridgehead atoms. The van der Waals surface area contributed by atoms with Gasteiger partial charge in [0.1, 0.15) is 5.75 Å². The maximum Gasteiger partial charge on any atom is 0 e. The van der Waals surface area contributed by atoms with Gasteiger partial charge < -0.3 is 10.0 Å². The minimum atomic E-state index is 0. The Hall–Kier alpha value is -1.83. The summed E-state index contributed by atoms with van der Waals surface area (Å²) >= 11 is 0. The van der Waals surface area contributed by atoms with Crippen LogP contribution in [0, 0.1) is 13.3 Å². The zero-order valence-corrected chi connectivity index (χ0v) is 12.4. The van der Waals surface area contributed by atoms with Crippen molar-refractivity contribution in [1.29, 1.82) is 0 Å².